The Morgan fingerprint density at radius 3 is 2.67 bits per heavy atom. The monoisotopic (exact) mass is 402 g/mol. The van der Waals surface area contributed by atoms with E-state index in [0.717, 1.165) is 10.9 Å². The summed E-state index contributed by atoms with van der Waals surface area (Å²) in [6, 6.07) is 9.94. The first kappa shape index (κ1) is 17.6. The maximum Gasteiger partial charge on any atom is 0.265 e. The third kappa shape index (κ3) is 2.87. The van der Waals surface area contributed by atoms with Gasteiger partial charge in [0.05, 0.1) is 4.34 Å². The average Bonchev–Trinajstić information content (AvgIpc) is 3.13. The van der Waals surface area contributed by atoms with E-state index < -0.39 is 17.9 Å². The first-order valence-corrected chi connectivity index (χ1v) is 9.34. The molecule has 3 aromatic rings. The van der Waals surface area contributed by atoms with Gasteiger partial charge in [0.25, 0.3) is 11.8 Å². The van der Waals surface area contributed by atoms with E-state index in [1.165, 1.54) is 16.2 Å². The highest BCUT2D eigenvalue weighted by Gasteiger charge is 2.37. The van der Waals surface area contributed by atoms with Gasteiger partial charge in [0.15, 0.2) is 0 Å². The first-order chi connectivity index (χ1) is 12.9. The summed E-state index contributed by atoms with van der Waals surface area (Å²) >= 11 is 7.38. The van der Waals surface area contributed by atoms with Gasteiger partial charge in [0, 0.05) is 17.5 Å². The van der Waals surface area contributed by atoms with Crippen molar-refractivity contribution < 1.29 is 14.4 Å². The number of primary amides is 2. The molecule has 138 valence electrons. The Morgan fingerprint density at radius 2 is 1.96 bits per heavy atom. The minimum Gasteiger partial charge on any atom is -0.368 e. The van der Waals surface area contributed by atoms with E-state index in [9.17, 15) is 14.4 Å². The van der Waals surface area contributed by atoms with Crippen LogP contribution >= 0.6 is 22.9 Å². The number of benzene rings is 1. The van der Waals surface area contributed by atoms with E-state index >= 15 is 0 Å². The lowest BCUT2D eigenvalue weighted by Gasteiger charge is -2.34. The maximum atomic E-state index is 13.3. The van der Waals surface area contributed by atoms with Crippen molar-refractivity contribution in [1.29, 1.82) is 0 Å². The van der Waals surface area contributed by atoms with Crippen LogP contribution < -0.4 is 16.4 Å². The highest BCUT2D eigenvalue weighted by atomic mass is 35.5. The number of nitrogens with two attached hydrogens (primary N) is 2. The van der Waals surface area contributed by atoms with Crippen molar-refractivity contribution in [3.05, 3.63) is 52.0 Å². The minimum absolute atomic E-state index is 0.227. The van der Waals surface area contributed by atoms with Gasteiger partial charge in [-0.15, -0.1) is 11.3 Å². The number of para-hydroxylation sites is 1. The standard InChI is InChI=1S/C18H15ClN4O3S/c19-14-7-10-6-12(16(21)25)23(18(10)27-14)13-5-9-3-1-2-4-11(9)22(17(13)26)8-15(20)24/h1-4,6-7,13H,5,8H2,(H2,20,24)(H2,21,25). The summed E-state index contributed by atoms with van der Waals surface area (Å²) in [7, 11) is 0. The molecule has 3 heterocycles. The molecule has 9 heteroatoms. The molecule has 7 nitrogen and oxygen atoms in total. The van der Waals surface area contributed by atoms with Gasteiger partial charge in [-0.1, -0.05) is 29.8 Å². The summed E-state index contributed by atoms with van der Waals surface area (Å²) in [6.07, 6.45) is 0.365. The molecular weight excluding hydrogens is 388 g/mol. The summed E-state index contributed by atoms with van der Waals surface area (Å²) in [6.45, 7) is -0.242. The van der Waals surface area contributed by atoms with Crippen molar-refractivity contribution in [3.63, 3.8) is 0 Å². The van der Waals surface area contributed by atoms with E-state index in [0.29, 0.717) is 21.3 Å². The molecule has 4 N–H and O–H groups in total. The third-order valence-electron chi connectivity index (χ3n) is 4.61. The Hall–Kier alpha value is -2.84. The fourth-order valence-corrected chi connectivity index (χ4v) is 4.81. The zero-order valence-corrected chi connectivity index (χ0v) is 15.6. The summed E-state index contributed by atoms with van der Waals surface area (Å²) in [5.74, 6) is -1.58. The molecule has 4 rings (SSSR count). The fraction of sp³-hybridized carbons (Fsp3) is 0.167. The predicted octanol–water partition coefficient (Wildman–Crippen LogP) is 2.07. The second-order valence-corrected chi connectivity index (χ2v) is 7.98. The van der Waals surface area contributed by atoms with Gasteiger partial charge in [-0.25, -0.2) is 0 Å². The van der Waals surface area contributed by atoms with Crippen molar-refractivity contribution in [2.24, 2.45) is 11.5 Å². The average molecular weight is 403 g/mol. The van der Waals surface area contributed by atoms with Crippen molar-refractivity contribution in [1.82, 2.24) is 4.57 Å². The summed E-state index contributed by atoms with van der Waals surface area (Å²) in [5, 5.41) is 0.743. The zero-order valence-electron chi connectivity index (χ0n) is 14.0. The van der Waals surface area contributed by atoms with Crippen LogP contribution in [-0.2, 0) is 16.0 Å². The largest absolute Gasteiger partial charge is 0.368 e. The number of aromatic nitrogens is 1. The normalized spacial score (nSPS) is 16.6. The molecule has 0 aliphatic carbocycles. The highest BCUT2D eigenvalue weighted by molar-refractivity contribution is 7.22. The number of halogens is 1. The SMILES string of the molecule is NC(=O)CN1C(=O)C(n2c(C(N)=O)cc3cc(Cl)sc32)Cc2ccccc21. The highest BCUT2D eigenvalue weighted by Crippen LogP contribution is 2.39. The van der Waals surface area contributed by atoms with E-state index in [1.54, 1.807) is 28.8 Å². The molecule has 0 spiro atoms. The molecule has 2 aromatic heterocycles. The van der Waals surface area contributed by atoms with E-state index in [2.05, 4.69) is 0 Å². The van der Waals surface area contributed by atoms with Crippen LogP contribution in [0.5, 0.6) is 0 Å². The Labute approximate surface area is 163 Å². The van der Waals surface area contributed by atoms with E-state index in [4.69, 9.17) is 23.1 Å². The quantitative estimate of drug-likeness (QED) is 0.696. The number of anilines is 1. The Balaban J connectivity index is 1.91. The number of fused-ring (bicyclic) bond motifs is 2. The van der Waals surface area contributed by atoms with Crippen LogP contribution in [0.4, 0.5) is 5.69 Å². The Morgan fingerprint density at radius 1 is 1.22 bits per heavy atom. The molecule has 0 fully saturated rings. The second kappa shape index (κ2) is 6.40. The number of nitrogens with zero attached hydrogens (tertiary/aromatic N) is 2. The molecule has 0 bridgehead atoms. The molecule has 1 unspecified atom stereocenters. The lowest BCUT2D eigenvalue weighted by molar-refractivity contribution is -0.124. The van der Waals surface area contributed by atoms with Crippen LogP contribution in [0.25, 0.3) is 10.2 Å². The van der Waals surface area contributed by atoms with Gasteiger partial charge >= 0.3 is 0 Å². The van der Waals surface area contributed by atoms with Gasteiger partial charge < -0.3 is 20.9 Å². The minimum atomic E-state index is -0.728. The van der Waals surface area contributed by atoms with Crippen molar-refractivity contribution >= 4 is 56.6 Å². The van der Waals surface area contributed by atoms with Crippen LogP contribution in [0.1, 0.15) is 22.1 Å². The third-order valence-corrected chi connectivity index (χ3v) is 5.88. The summed E-state index contributed by atoms with van der Waals surface area (Å²) < 4.78 is 2.17. The van der Waals surface area contributed by atoms with Crippen LogP contribution in [0, 0.1) is 0 Å². The Bertz CT molecular complexity index is 1100. The van der Waals surface area contributed by atoms with Gasteiger partial charge in [-0.3, -0.25) is 14.4 Å². The van der Waals surface area contributed by atoms with Gasteiger partial charge in [0.2, 0.25) is 5.91 Å². The molecule has 1 aliphatic heterocycles. The second-order valence-electron chi connectivity index (χ2n) is 6.31. The summed E-state index contributed by atoms with van der Waals surface area (Å²) in [4.78, 5) is 38.9. The number of hydrogen-bond acceptors (Lipinski definition) is 4. The first-order valence-electron chi connectivity index (χ1n) is 8.14. The van der Waals surface area contributed by atoms with E-state index in [1.807, 2.05) is 12.1 Å². The maximum absolute atomic E-state index is 13.3. The number of carbonyl (C=O) groups is 3. The molecule has 0 radical (unpaired) electrons. The molecule has 27 heavy (non-hydrogen) atoms. The summed E-state index contributed by atoms with van der Waals surface area (Å²) in [5.41, 5.74) is 12.6. The Kier molecular flexibility index (Phi) is 4.16. The van der Waals surface area contributed by atoms with Crippen molar-refractivity contribution in [2.75, 3.05) is 11.4 Å². The lowest BCUT2D eigenvalue weighted by atomic mass is 9.96. The van der Waals surface area contributed by atoms with Crippen LogP contribution in [0.2, 0.25) is 4.34 Å². The van der Waals surface area contributed by atoms with Crippen LogP contribution in [0.3, 0.4) is 0 Å². The van der Waals surface area contributed by atoms with Gasteiger partial charge in [0.1, 0.15) is 23.1 Å². The number of rotatable bonds is 4. The van der Waals surface area contributed by atoms with Crippen molar-refractivity contribution in [2.45, 2.75) is 12.5 Å². The smallest absolute Gasteiger partial charge is 0.265 e. The zero-order chi connectivity index (χ0) is 19.3. The van der Waals surface area contributed by atoms with Crippen LogP contribution in [-0.4, -0.2) is 28.8 Å². The van der Waals surface area contributed by atoms with Gasteiger partial charge in [-0.05, 0) is 23.8 Å². The predicted molar refractivity (Wildman–Crippen MR) is 104 cm³/mol. The molecule has 1 atom stereocenters. The molecule has 0 saturated heterocycles. The number of amides is 3. The molecule has 1 aliphatic rings. The van der Waals surface area contributed by atoms with E-state index in [-0.39, 0.29) is 18.1 Å². The molecule has 0 saturated carbocycles. The number of carbonyl (C=O) groups excluding carboxylic acids is 3. The fourth-order valence-electron chi connectivity index (χ4n) is 3.54. The number of thiophene rings is 1. The lowest BCUT2D eigenvalue weighted by Crippen LogP contribution is -2.46. The molecular formula is C18H15ClN4O3S. The molecule has 3 amide bonds. The topological polar surface area (TPSA) is 111 Å². The number of hydrogen-bond donors (Lipinski definition) is 2. The van der Waals surface area contributed by atoms with Crippen molar-refractivity contribution in [3.8, 4) is 0 Å². The molecule has 1 aromatic carbocycles. The van der Waals surface area contributed by atoms with Crippen LogP contribution in [0.15, 0.2) is 36.4 Å². The van der Waals surface area contributed by atoms with Gasteiger partial charge in [-0.2, -0.15) is 0 Å².